The summed E-state index contributed by atoms with van der Waals surface area (Å²) in [6, 6.07) is 8.30. The van der Waals surface area contributed by atoms with Gasteiger partial charge in [0.1, 0.15) is 0 Å². The zero-order valence-corrected chi connectivity index (χ0v) is 9.81. The largest absolute Gasteiger partial charge is 0.478 e. The van der Waals surface area contributed by atoms with Crippen LogP contribution in [0.25, 0.3) is 0 Å². The quantitative estimate of drug-likeness (QED) is 0.882. The lowest BCUT2D eigenvalue weighted by Gasteiger charge is -2.12. The van der Waals surface area contributed by atoms with Gasteiger partial charge in [-0.25, -0.2) is 4.79 Å². The van der Waals surface area contributed by atoms with Gasteiger partial charge in [-0.2, -0.15) is 13.2 Å². The average Bonchev–Trinajstić information content (AvgIpc) is 2.30. The van der Waals surface area contributed by atoms with Crippen molar-refractivity contribution in [2.24, 2.45) is 5.92 Å². The molecule has 0 unspecified atom stereocenters. The maximum absolute atomic E-state index is 11.5. The van der Waals surface area contributed by atoms with Crippen molar-refractivity contribution in [1.82, 2.24) is 0 Å². The first-order valence-corrected chi connectivity index (χ1v) is 5.25. The van der Waals surface area contributed by atoms with E-state index in [0.29, 0.717) is 5.56 Å². The lowest BCUT2D eigenvalue weighted by molar-refractivity contribution is -0.172. The molecule has 3 nitrogen and oxygen atoms in total. The molecule has 0 bridgehead atoms. The molecule has 0 aliphatic carbocycles. The lowest BCUT2D eigenvalue weighted by Crippen LogP contribution is -2.20. The van der Waals surface area contributed by atoms with E-state index in [-0.39, 0.29) is 6.42 Å². The summed E-state index contributed by atoms with van der Waals surface area (Å²) < 4.78 is 34.6. The highest BCUT2D eigenvalue weighted by Crippen LogP contribution is 2.27. The van der Waals surface area contributed by atoms with Gasteiger partial charge in [-0.05, 0) is 18.6 Å². The summed E-state index contributed by atoms with van der Waals surface area (Å²) in [5, 5.41) is 16.5. The lowest BCUT2D eigenvalue weighted by atomic mass is 10.1. The van der Waals surface area contributed by atoms with Crippen LogP contribution in [0.4, 0.5) is 13.2 Å². The molecule has 0 saturated carbocycles. The van der Waals surface area contributed by atoms with Crippen molar-refractivity contribution in [3.63, 3.8) is 0 Å². The Kier molecular flexibility index (Phi) is 7.04. The third-order valence-corrected chi connectivity index (χ3v) is 2.14. The molecule has 6 heteroatoms. The number of carbonyl (C=O) groups is 1. The van der Waals surface area contributed by atoms with E-state index >= 15 is 0 Å². The van der Waals surface area contributed by atoms with Crippen molar-refractivity contribution in [1.29, 1.82) is 0 Å². The Hall–Kier alpha value is -1.56. The number of benzene rings is 1. The van der Waals surface area contributed by atoms with E-state index in [2.05, 4.69) is 0 Å². The van der Waals surface area contributed by atoms with Crippen molar-refractivity contribution in [2.75, 3.05) is 6.61 Å². The van der Waals surface area contributed by atoms with Crippen LogP contribution in [0.2, 0.25) is 0 Å². The summed E-state index contributed by atoms with van der Waals surface area (Å²) in [4.78, 5) is 10.2. The Morgan fingerprint density at radius 2 is 1.78 bits per heavy atom. The zero-order valence-electron chi connectivity index (χ0n) is 9.81. The second kappa shape index (κ2) is 7.71. The number of hydrogen-bond acceptors (Lipinski definition) is 2. The number of aliphatic hydroxyl groups is 1. The molecule has 0 spiro atoms. The number of halogens is 3. The highest BCUT2D eigenvalue weighted by molar-refractivity contribution is 5.87. The van der Waals surface area contributed by atoms with Crippen LogP contribution in [0.15, 0.2) is 30.3 Å². The van der Waals surface area contributed by atoms with Crippen LogP contribution in [-0.2, 0) is 0 Å². The van der Waals surface area contributed by atoms with Crippen LogP contribution in [0.5, 0.6) is 0 Å². The van der Waals surface area contributed by atoms with Crippen LogP contribution in [0.1, 0.15) is 23.7 Å². The highest BCUT2D eigenvalue weighted by Gasteiger charge is 2.34. The van der Waals surface area contributed by atoms with E-state index < -0.39 is 24.7 Å². The molecule has 0 aromatic heterocycles. The predicted molar refractivity (Wildman–Crippen MR) is 60.3 cm³/mol. The smallest absolute Gasteiger partial charge is 0.391 e. The highest BCUT2D eigenvalue weighted by atomic mass is 19.4. The summed E-state index contributed by atoms with van der Waals surface area (Å²) in [5.41, 5.74) is 0.331. The van der Waals surface area contributed by atoms with Gasteiger partial charge < -0.3 is 10.2 Å². The first-order chi connectivity index (χ1) is 8.29. The predicted octanol–water partition coefficient (Wildman–Crippen LogP) is 2.95. The number of aromatic carboxylic acids is 1. The molecule has 1 aromatic carbocycles. The molecule has 0 amide bonds. The van der Waals surface area contributed by atoms with Gasteiger partial charge in [-0.1, -0.05) is 25.1 Å². The fourth-order valence-corrected chi connectivity index (χ4v) is 0.938. The van der Waals surface area contributed by atoms with Gasteiger partial charge in [0.05, 0.1) is 11.5 Å². The Bertz CT molecular complexity index is 349. The van der Waals surface area contributed by atoms with E-state index in [9.17, 15) is 18.0 Å². The van der Waals surface area contributed by atoms with E-state index in [1.54, 1.807) is 30.3 Å². The standard InChI is InChI=1S/C7H6O2.C5H9F3O/c8-7(9)6-4-2-1-3-5-6;1-4(2-3-9)5(6,7)8/h1-5H,(H,8,9);4,9H,2-3H2,1H3/t;4-/m.1/s1. The fraction of sp³-hybridized carbons (Fsp3) is 0.417. The Labute approximate surface area is 103 Å². The molecule has 18 heavy (non-hydrogen) atoms. The van der Waals surface area contributed by atoms with E-state index in [0.717, 1.165) is 6.92 Å². The van der Waals surface area contributed by atoms with Gasteiger partial charge in [0, 0.05) is 6.61 Å². The SMILES string of the molecule is C[C@H](CCO)C(F)(F)F.O=C(O)c1ccccc1. The maximum atomic E-state index is 11.5. The van der Waals surface area contributed by atoms with Gasteiger partial charge in [0.15, 0.2) is 0 Å². The van der Waals surface area contributed by atoms with Crippen LogP contribution < -0.4 is 0 Å². The number of aliphatic hydroxyl groups excluding tert-OH is 1. The topological polar surface area (TPSA) is 57.5 Å². The summed E-state index contributed by atoms with van der Waals surface area (Å²) >= 11 is 0. The molecule has 1 atom stereocenters. The van der Waals surface area contributed by atoms with Crippen LogP contribution in [-0.4, -0.2) is 29.0 Å². The van der Waals surface area contributed by atoms with Crippen LogP contribution in [0, 0.1) is 5.92 Å². The molecule has 0 saturated heterocycles. The van der Waals surface area contributed by atoms with Crippen molar-refractivity contribution >= 4 is 5.97 Å². The van der Waals surface area contributed by atoms with Gasteiger partial charge >= 0.3 is 12.1 Å². The van der Waals surface area contributed by atoms with Crippen LogP contribution >= 0.6 is 0 Å². The number of alkyl halides is 3. The normalized spacial score (nSPS) is 12.3. The number of carboxylic acids is 1. The minimum atomic E-state index is -4.15. The number of hydrogen-bond donors (Lipinski definition) is 2. The molecular weight excluding hydrogens is 249 g/mol. The summed E-state index contributed by atoms with van der Waals surface area (Å²) in [6.45, 7) is 0.650. The molecular formula is C12H15F3O3. The van der Waals surface area contributed by atoms with E-state index in [4.69, 9.17) is 10.2 Å². The fourth-order valence-electron chi connectivity index (χ4n) is 0.938. The first kappa shape index (κ1) is 16.4. The second-order valence-corrected chi connectivity index (χ2v) is 3.63. The molecule has 0 radical (unpaired) electrons. The molecule has 0 heterocycles. The minimum absolute atomic E-state index is 0.205. The average molecular weight is 264 g/mol. The third-order valence-electron chi connectivity index (χ3n) is 2.14. The second-order valence-electron chi connectivity index (χ2n) is 3.63. The molecule has 2 N–H and O–H groups in total. The molecule has 0 aliphatic rings. The molecule has 1 aromatic rings. The van der Waals surface area contributed by atoms with Gasteiger partial charge in [-0.15, -0.1) is 0 Å². The van der Waals surface area contributed by atoms with Gasteiger partial charge in [0.2, 0.25) is 0 Å². The monoisotopic (exact) mass is 264 g/mol. The molecule has 0 fully saturated rings. The van der Waals surface area contributed by atoms with Crippen molar-refractivity contribution in [3.8, 4) is 0 Å². The molecule has 102 valence electrons. The van der Waals surface area contributed by atoms with E-state index in [1.165, 1.54) is 0 Å². The third kappa shape index (κ3) is 6.90. The maximum Gasteiger partial charge on any atom is 0.391 e. The van der Waals surface area contributed by atoms with Gasteiger partial charge in [-0.3, -0.25) is 0 Å². The van der Waals surface area contributed by atoms with E-state index in [1.807, 2.05) is 0 Å². The summed E-state index contributed by atoms with van der Waals surface area (Å²) in [7, 11) is 0. The molecule has 0 aliphatic heterocycles. The van der Waals surface area contributed by atoms with Crippen molar-refractivity contribution in [3.05, 3.63) is 35.9 Å². The van der Waals surface area contributed by atoms with Crippen molar-refractivity contribution < 1.29 is 28.2 Å². The summed E-state index contributed by atoms with van der Waals surface area (Å²) in [6.07, 6.45) is -4.35. The molecule has 1 rings (SSSR count). The van der Waals surface area contributed by atoms with Gasteiger partial charge in [0.25, 0.3) is 0 Å². The van der Waals surface area contributed by atoms with Crippen LogP contribution in [0.3, 0.4) is 0 Å². The number of carboxylic acid groups (broad SMARTS) is 1. The Morgan fingerprint density at radius 3 is 2.00 bits per heavy atom. The zero-order chi connectivity index (χ0) is 14.2. The van der Waals surface area contributed by atoms with Crippen molar-refractivity contribution in [2.45, 2.75) is 19.5 Å². The Morgan fingerprint density at radius 1 is 1.28 bits per heavy atom. The Balaban J connectivity index is 0.000000321. The first-order valence-electron chi connectivity index (χ1n) is 5.25. The minimum Gasteiger partial charge on any atom is -0.478 e. The number of rotatable bonds is 3. The summed E-state index contributed by atoms with van der Waals surface area (Å²) in [5.74, 6) is -2.27.